The van der Waals surface area contributed by atoms with E-state index in [1.54, 1.807) is 0 Å². The lowest BCUT2D eigenvalue weighted by atomic mass is 10.1. The minimum absolute atomic E-state index is 0.0709. The number of alkyl halides is 1. The second-order valence-electron chi connectivity index (χ2n) is 4.48. The van der Waals surface area contributed by atoms with E-state index in [1.165, 1.54) is 11.5 Å². The molecule has 0 saturated heterocycles. The van der Waals surface area contributed by atoms with Gasteiger partial charge in [-0.1, -0.05) is 47.6 Å². The van der Waals surface area contributed by atoms with Crippen molar-refractivity contribution in [3.05, 3.63) is 10.6 Å². The standard InChI is InChI=1S/C12H20BrN3OS/c1-4-5-7-16(8-6-13)12(17)11-10(9(2)3)14-15-18-11/h9H,4-8H2,1-3H3. The van der Waals surface area contributed by atoms with Crippen molar-refractivity contribution in [2.24, 2.45) is 0 Å². The van der Waals surface area contributed by atoms with Crippen LogP contribution in [0.25, 0.3) is 0 Å². The van der Waals surface area contributed by atoms with Crippen molar-refractivity contribution in [3.8, 4) is 0 Å². The zero-order chi connectivity index (χ0) is 13.5. The fourth-order valence-corrected chi connectivity index (χ4v) is 2.85. The number of carbonyl (C=O) groups excluding carboxylic acids is 1. The maximum atomic E-state index is 12.5. The Bertz CT molecular complexity index is 381. The van der Waals surface area contributed by atoms with E-state index in [4.69, 9.17) is 0 Å². The average Bonchev–Trinajstić information content (AvgIpc) is 2.82. The van der Waals surface area contributed by atoms with Crippen molar-refractivity contribution >= 4 is 33.4 Å². The van der Waals surface area contributed by atoms with Gasteiger partial charge in [-0.15, -0.1) is 5.10 Å². The summed E-state index contributed by atoms with van der Waals surface area (Å²) in [7, 11) is 0. The van der Waals surface area contributed by atoms with E-state index in [0.29, 0.717) is 4.88 Å². The third kappa shape index (κ3) is 4.02. The minimum atomic E-state index is 0.0709. The largest absolute Gasteiger partial charge is 0.337 e. The number of hydrogen-bond donors (Lipinski definition) is 0. The van der Waals surface area contributed by atoms with E-state index in [2.05, 4.69) is 32.4 Å². The molecule has 0 aliphatic heterocycles. The van der Waals surface area contributed by atoms with Gasteiger partial charge in [0, 0.05) is 18.4 Å². The summed E-state index contributed by atoms with van der Waals surface area (Å²) < 4.78 is 3.92. The van der Waals surface area contributed by atoms with Gasteiger partial charge >= 0.3 is 0 Å². The summed E-state index contributed by atoms with van der Waals surface area (Å²) in [6.07, 6.45) is 2.12. The summed E-state index contributed by atoms with van der Waals surface area (Å²) in [5.74, 6) is 0.307. The van der Waals surface area contributed by atoms with Gasteiger partial charge in [0.2, 0.25) is 0 Å². The molecule has 0 bridgehead atoms. The second kappa shape index (κ2) is 7.84. The van der Waals surface area contributed by atoms with E-state index in [1.807, 2.05) is 18.7 Å². The van der Waals surface area contributed by atoms with Crippen LogP contribution in [0.1, 0.15) is 54.9 Å². The van der Waals surface area contributed by atoms with Crippen LogP contribution in [-0.2, 0) is 0 Å². The van der Waals surface area contributed by atoms with Crippen LogP contribution in [0.15, 0.2) is 0 Å². The van der Waals surface area contributed by atoms with Gasteiger partial charge in [0.15, 0.2) is 0 Å². The van der Waals surface area contributed by atoms with Crippen LogP contribution in [0.5, 0.6) is 0 Å². The number of amides is 1. The summed E-state index contributed by atoms with van der Waals surface area (Å²) in [6, 6.07) is 0. The third-order valence-electron chi connectivity index (χ3n) is 2.68. The van der Waals surface area contributed by atoms with Gasteiger partial charge in [-0.05, 0) is 23.9 Å². The van der Waals surface area contributed by atoms with Gasteiger partial charge in [-0.2, -0.15) is 0 Å². The molecule has 0 atom stereocenters. The Kier molecular flexibility index (Phi) is 6.78. The average molecular weight is 334 g/mol. The smallest absolute Gasteiger partial charge is 0.267 e. The lowest BCUT2D eigenvalue weighted by Gasteiger charge is -2.21. The molecule has 4 nitrogen and oxygen atoms in total. The first-order valence-corrected chi connectivity index (χ1v) is 8.18. The van der Waals surface area contributed by atoms with E-state index in [9.17, 15) is 4.79 Å². The van der Waals surface area contributed by atoms with Crippen molar-refractivity contribution in [2.75, 3.05) is 18.4 Å². The molecule has 0 aromatic carbocycles. The number of hydrogen-bond acceptors (Lipinski definition) is 4. The van der Waals surface area contributed by atoms with Gasteiger partial charge in [-0.3, -0.25) is 4.79 Å². The third-order valence-corrected chi connectivity index (χ3v) is 3.76. The molecule has 6 heteroatoms. The van der Waals surface area contributed by atoms with Crippen molar-refractivity contribution in [1.29, 1.82) is 0 Å². The maximum Gasteiger partial charge on any atom is 0.267 e. The Balaban J connectivity index is 2.84. The fraction of sp³-hybridized carbons (Fsp3) is 0.750. The van der Waals surface area contributed by atoms with Crippen LogP contribution >= 0.6 is 27.5 Å². The van der Waals surface area contributed by atoms with Gasteiger partial charge in [0.05, 0.1) is 5.69 Å². The molecule has 0 spiro atoms. The fourth-order valence-electron chi connectivity index (χ4n) is 1.63. The molecule has 1 heterocycles. The summed E-state index contributed by atoms with van der Waals surface area (Å²) in [5.41, 5.74) is 0.820. The van der Waals surface area contributed by atoms with Crippen molar-refractivity contribution in [1.82, 2.24) is 14.5 Å². The molecular weight excluding hydrogens is 314 g/mol. The van der Waals surface area contributed by atoms with Crippen LogP contribution in [0.4, 0.5) is 0 Å². The molecule has 0 saturated carbocycles. The Hall–Kier alpha value is -0.490. The highest BCUT2D eigenvalue weighted by Gasteiger charge is 2.23. The summed E-state index contributed by atoms with van der Waals surface area (Å²) in [5, 5.41) is 4.87. The van der Waals surface area contributed by atoms with Gasteiger partial charge < -0.3 is 4.90 Å². The highest BCUT2D eigenvalue weighted by molar-refractivity contribution is 9.09. The maximum absolute atomic E-state index is 12.5. The molecule has 0 aliphatic rings. The first-order valence-electron chi connectivity index (χ1n) is 6.29. The Morgan fingerprint density at radius 2 is 2.17 bits per heavy atom. The van der Waals surface area contributed by atoms with Crippen molar-refractivity contribution < 1.29 is 4.79 Å². The highest BCUT2D eigenvalue weighted by Crippen LogP contribution is 2.21. The topological polar surface area (TPSA) is 46.1 Å². The first kappa shape index (κ1) is 15.6. The summed E-state index contributed by atoms with van der Waals surface area (Å²) in [6.45, 7) is 7.73. The molecule has 102 valence electrons. The first-order chi connectivity index (χ1) is 8.61. The number of nitrogens with zero attached hydrogens (tertiary/aromatic N) is 3. The van der Waals surface area contributed by atoms with Gasteiger partial charge in [-0.25, -0.2) is 0 Å². The van der Waals surface area contributed by atoms with Crippen LogP contribution in [-0.4, -0.2) is 38.8 Å². The van der Waals surface area contributed by atoms with E-state index in [-0.39, 0.29) is 11.8 Å². The van der Waals surface area contributed by atoms with Crippen LogP contribution < -0.4 is 0 Å². The van der Waals surface area contributed by atoms with Crippen molar-refractivity contribution in [3.63, 3.8) is 0 Å². The normalized spacial score (nSPS) is 10.9. The van der Waals surface area contributed by atoms with Crippen LogP contribution in [0.3, 0.4) is 0 Å². The Labute approximate surface area is 121 Å². The predicted octanol–water partition coefficient (Wildman–Crippen LogP) is 3.30. The number of carbonyl (C=O) groups is 1. The number of rotatable bonds is 7. The van der Waals surface area contributed by atoms with E-state index in [0.717, 1.165) is 37.0 Å². The summed E-state index contributed by atoms with van der Waals surface area (Å²) >= 11 is 4.61. The SMILES string of the molecule is CCCCN(CCBr)C(=O)c1snnc1C(C)C. The molecule has 0 fully saturated rings. The molecule has 1 amide bonds. The summed E-state index contributed by atoms with van der Waals surface area (Å²) in [4.78, 5) is 15.0. The van der Waals surface area contributed by atoms with Gasteiger partial charge in [0.25, 0.3) is 5.91 Å². The molecule has 0 unspecified atom stereocenters. The molecule has 0 aliphatic carbocycles. The second-order valence-corrected chi connectivity index (χ2v) is 6.02. The minimum Gasteiger partial charge on any atom is -0.337 e. The van der Waals surface area contributed by atoms with E-state index < -0.39 is 0 Å². The quantitative estimate of drug-likeness (QED) is 0.719. The van der Waals surface area contributed by atoms with Crippen LogP contribution in [0, 0.1) is 0 Å². The highest BCUT2D eigenvalue weighted by atomic mass is 79.9. The Morgan fingerprint density at radius 1 is 1.44 bits per heavy atom. The molecule has 1 aromatic heterocycles. The van der Waals surface area contributed by atoms with Gasteiger partial charge in [0.1, 0.15) is 4.88 Å². The molecule has 0 radical (unpaired) electrons. The Morgan fingerprint density at radius 3 is 2.72 bits per heavy atom. The molecule has 1 aromatic rings. The van der Waals surface area contributed by atoms with Crippen molar-refractivity contribution in [2.45, 2.75) is 39.5 Å². The van der Waals surface area contributed by atoms with E-state index >= 15 is 0 Å². The molecular formula is C12H20BrN3OS. The number of aromatic nitrogens is 2. The number of unbranched alkanes of at least 4 members (excludes halogenated alkanes) is 1. The zero-order valence-electron chi connectivity index (χ0n) is 11.1. The zero-order valence-corrected chi connectivity index (χ0v) is 13.6. The molecule has 0 N–H and O–H groups in total. The lowest BCUT2D eigenvalue weighted by Crippen LogP contribution is -2.33. The predicted molar refractivity (Wildman–Crippen MR) is 78.6 cm³/mol. The lowest BCUT2D eigenvalue weighted by molar-refractivity contribution is 0.0767. The molecule has 1 rings (SSSR count). The molecule has 18 heavy (non-hydrogen) atoms. The monoisotopic (exact) mass is 333 g/mol. The van der Waals surface area contributed by atoms with Crippen LogP contribution in [0.2, 0.25) is 0 Å². The number of halogens is 1.